The van der Waals surface area contributed by atoms with E-state index in [9.17, 15) is 4.79 Å². The maximum Gasteiger partial charge on any atom is 0.336 e. The number of carboxylic acid groups (broad SMARTS) is 1. The lowest BCUT2D eigenvalue weighted by Gasteiger charge is -2.06. The Morgan fingerprint density at radius 2 is 2.00 bits per heavy atom. The summed E-state index contributed by atoms with van der Waals surface area (Å²) in [6.45, 7) is 2.07. The minimum Gasteiger partial charge on any atom is -0.479 e. The fraction of sp³-hybridized carbons (Fsp3) is 0.700. The third kappa shape index (κ3) is 5.57. The molecule has 4 nitrogen and oxygen atoms in total. The van der Waals surface area contributed by atoms with Gasteiger partial charge in [0.15, 0.2) is 12.2 Å². The Kier molecular flexibility index (Phi) is 6.81. The zero-order chi connectivity index (χ0) is 11.0. The van der Waals surface area contributed by atoms with Crippen LogP contribution in [0.15, 0.2) is 0 Å². The van der Waals surface area contributed by atoms with Crippen molar-refractivity contribution in [3.8, 4) is 11.8 Å². The zero-order valence-electron chi connectivity index (χ0n) is 8.23. The number of unbranched alkanes of at least 4 members (excludes halogenated alkanes) is 3. The number of rotatable bonds is 5. The van der Waals surface area contributed by atoms with E-state index < -0.39 is 18.2 Å². The van der Waals surface area contributed by atoms with Crippen LogP contribution in [0.4, 0.5) is 0 Å². The first-order valence-corrected chi connectivity index (χ1v) is 4.67. The van der Waals surface area contributed by atoms with Crippen LogP contribution in [0.1, 0.15) is 32.6 Å². The van der Waals surface area contributed by atoms with Gasteiger partial charge in [-0.25, -0.2) is 4.79 Å². The average Bonchev–Trinajstić information content (AvgIpc) is 2.16. The van der Waals surface area contributed by atoms with E-state index in [2.05, 4.69) is 18.8 Å². The summed E-state index contributed by atoms with van der Waals surface area (Å²) < 4.78 is 0. The molecule has 0 amide bonds. The molecular formula is C10H16O4. The van der Waals surface area contributed by atoms with E-state index in [1.54, 1.807) is 0 Å². The fourth-order valence-corrected chi connectivity index (χ4v) is 0.854. The zero-order valence-corrected chi connectivity index (χ0v) is 8.23. The van der Waals surface area contributed by atoms with Gasteiger partial charge in [0.25, 0.3) is 0 Å². The molecule has 0 aliphatic rings. The van der Waals surface area contributed by atoms with Gasteiger partial charge in [0.05, 0.1) is 0 Å². The SMILES string of the molecule is CCCCCC#CC(O)C(O)C(=O)O. The molecular weight excluding hydrogens is 184 g/mol. The van der Waals surface area contributed by atoms with Crippen molar-refractivity contribution in [3.63, 3.8) is 0 Å². The van der Waals surface area contributed by atoms with Crippen LogP contribution in [0.5, 0.6) is 0 Å². The molecule has 0 aromatic heterocycles. The first-order chi connectivity index (χ1) is 6.59. The van der Waals surface area contributed by atoms with E-state index in [0.29, 0.717) is 6.42 Å². The van der Waals surface area contributed by atoms with Crippen LogP contribution >= 0.6 is 0 Å². The smallest absolute Gasteiger partial charge is 0.336 e. The second kappa shape index (κ2) is 7.36. The molecule has 0 saturated carbocycles. The molecule has 3 N–H and O–H groups in total. The summed E-state index contributed by atoms with van der Waals surface area (Å²) in [6, 6.07) is 0. The summed E-state index contributed by atoms with van der Waals surface area (Å²) in [5, 5.41) is 26.2. The predicted molar refractivity (Wildman–Crippen MR) is 51.6 cm³/mol. The number of hydrogen-bond acceptors (Lipinski definition) is 3. The van der Waals surface area contributed by atoms with Gasteiger partial charge < -0.3 is 15.3 Å². The second-order valence-corrected chi connectivity index (χ2v) is 3.01. The minimum atomic E-state index is -1.81. The Balaban J connectivity index is 3.79. The molecule has 0 bridgehead atoms. The monoisotopic (exact) mass is 200 g/mol. The number of carboxylic acids is 1. The molecule has 0 aliphatic heterocycles. The standard InChI is InChI=1S/C10H16O4/c1-2-3-4-5-6-7-8(11)9(12)10(13)14/h8-9,11-12H,2-5H2,1H3,(H,13,14). The van der Waals surface area contributed by atoms with Crippen molar-refractivity contribution in [2.75, 3.05) is 0 Å². The van der Waals surface area contributed by atoms with Crippen LogP contribution < -0.4 is 0 Å². The van der Waals surface area contributed by atoms with E-state index in [4.69, 9.17) is 15.3 Å². The number of aliphatic hydroxyl groups excluding tert-OH is 2. The lowest BCUT2D eigenvalue weighted by molar-refractivity contribution is -0.150. The van der Waals surface area contributed by atoms with E-state index in [-0.39, 0.29) is 0 Å². The first-order valence-electron chi connectivity index (χ1n) is 4.67. The van der Waals surface area contributed by atoms with E-state index in [1.165, 1.54) is 0 Å². The van der Waals surface area contributed by atoms with Gasteiger partial charge in [0, 0.05) is 6.42 Å². The van der Waals surface area contributed by atoms with Crippen molar-refractivity contribution in [2.45, 2.75) is 44.8 Å². The lowest BCUT2D eigenvalue weighted by atomic mass is 10.2. The second-order valence-electron chi connectivity index (χ2n) is 3.01. The highest BCUT2D eigenvalue weighted by Crippen LogP contribution is 1.98. The highest BCUT2D eigenvalue weighted by atomic mass is 16.4. The Morgan fingerprint density at radius 3 is 2.50 bits per heavy atom. The topological polar surface area (TPSA) is 77.8 Å². The molecule has 0 spiro atoms. The van der Waals surface area contributed by atoms with Gasteiger partial charge >= 0.3 is 5.97 Å². The van der Waals surface area contributed by atoms with Gasteiger partial charge in [-0.05, 0) is 6.42 Å². The van der Waals surface area contributed by atoms with E-state index in [1.807, 2.05) is 0 Å². The van der Waals surface area contributed by atoms with Crippen molar-refractivity contribution in [2.24, 2.45) is 0 Å². The highest BCUT2D eigenvalue weighted by molar-refractivity contribution is 5.73. The molecule has 2 unspecified atom stereocenters. The van der Waals surface area contributed by atoms with Crippen molar-refractivity contribution < 1.29 is 20.1 Å². The molecule has 0 aromatic carbocycles. The minimum absolute atomic E-state index is 0.622. The van der Waals surface area contributed by atoms with Crippen molar-refractivity contribution in [3.05, 3.63) is 0 Å². The van der Waals surface area contributed by atoms with Gasteiger partial charge in [-0.3, -0.25) is 0 Å². The predicted octanol–water partition coefficient (Wildman–Crippen LogP) is 0.377. The largest absolute Gasteiger partial charge is 0.479 e. The Labute approximate surface area is 83.6 Å². The molecule has 4 heteroatoms. The molecule has 2 atom stereocenters. The van der Waals surface area contributed by atoms with Crippen LogP contribution in [-0.4, -0.2) is 33.5 Å². The van der Waals surface area contributed by atoms with Crippen LogP contribution in [0.25, 0.3) is 0 Å². The fourth-order valence-electron chi connectivity index (χ4n) is 0.854. The molecule has 0 saturated heterocycles. The summed E-state index contributed by atoms with van der Waals surface area (Å²) in [4.78, 5) is 10.2. The molecule has 0 aliphatic carbocycles. The molecule has 80 valence electrons. The maximum absolute atomic E-state index is 10.2. The van der Waals surface area contributed by atoms with E-state index in [0.717, 1.165) is 19.3 Å². The van der Waals surface area contributed by atoms with Gasteiger partial charge in [0.2, 0.25) is 0 Å². The first kappa shape index (κ1) is 12.9. The molecule has 0 aromatic rings. The average molecular weight is 200 g/mol. The quantitative estimate of drug-likeness (QED) is 0.443. The van der Waals surface area contributed by atoms with Crippen LogP contribution in [0.2, 0.25) is 0 Å². The maximum atomic E-state index is 10.2. The summed E-state index contributed by atoms with van der Waals surface area (Å²) in [5.74, 6) is 3.47. The molecule has 0 rings (SSSR count). The van der Waals surface area contributed by atoms with E-state index >= 15 is 0 Å². The molecule has 0 fully saturated rings. The number of hydrogen-bond donors (Lipinski definition) is 3. The summed E-state index contributed by atoms with van der Waals surface area (Å²) in [6.07, 6.45) is 0.396. The summed E-state index contributed by atoms with van der Waals surface area (Å²) >= 11 is 0. The number of carbonyl (C=O) groups is 1. The van der Waals surface area contributed by atoms with Gasteiger partial charge in [0.1, 0.15) is 0 Å². The van der Waals surface area contributed by atoms with Gasteiger partial charge in [-0.2, -0.15) is 0 Å². The third-order valence-corrected chi connectivity index (χ3v) is 1.71. The van der Waals surface area contributed by atoms with Crippen LogP contribution in [0, 0.1) is 11.8 Å². The summed E-state index contributed by atoms with van der Waals surface area (Å²) in [7, 11) is 0. The summed E-state index contributed by atoms with van der Waals surface area (Å²) in [5.41, 5.74) is 0. The van der Waals surface area contributed by atoms with Crippen molar-refractivity contribution in [1.82, 2.24) is 0 Å². The highest BCUT2D eigenvalue weighted by Gasteiger charge is 2.21. The van der Waals surface area contributed by atoms with Gasteiger partial charge in [-0.1, -0.05) is 25.7 Å². The molecule has 14 heavy (non-hydrogen) atoms. The van der Waals surface area contributed by atoms with Gasteiger partial charge in [-0.15, -0.1) is 5.92 Å². The Bertz CT molecular complexity index is 226. The van der Waals surface area contributed by atoms with Crippen LogP contribution in [-0.2, 0) is 4.79 Å². The number of aliphatic carboxylic acids is 1. The van der Waals surface area contributed by atoms with Crippen molar-refractivity contribution in [1.29, 1.82) is 0 Å². The normalized spacial score (nSPS) is 13.9. The third-order valence-electron chi connectivity index (χ3n) is 1.71. The lowest BCUT2D eigenvalue weighted by Crippen LogP contribution is -2.32. The van der Waals surface area contributed by atoms with Crippen LogP contribution in [0.3, 0.4) is 0 Å². The number of aliphatic hydroxyl groups is 2. The van der Waals surface area contributed by atoms with Crippen molar-refractivity contribution >= 4 is 5.97 Å². The Morgan fingerprint density at radius 1 is 1.36 bits per heavy atom. The Hall–Kier alpha value is -1.05. The molecule has 0 heterocycles. The molecule has 0 radical (unpaired) electrons.